The summed E-state index contributed by atoms with van der Waals surface area (Å²) in [5.41, 5.74) is 7.97. The Hall–Kier alpha value is -1.82. The van der Waals surface area contributed by atoms with E-state index in [1.807, 2.05) is 51.1 Å². The second-order valence-electron chi connectivity index (χ2n) is 8.11. The van der Waals surface area contributed by atoms with Crippen LogP contribution in [0.15, 0.2) is 42.7 Å². The van der Waals surface area contributed by atoms with E-state index in [0.29, 0.717) is 34.6 Å². The number of fused-ring (bicyclic) bond motifs is 1. The van der Waals surface area contributed by atoms with E-state index in [0.717, 1.165) is 5.56 Å². The number of nitrogens with two attached hydrogens (primary N) is 1. The van der Waals surface area contributed by atoms with Crippen molar-refractivity contribution in [2.24, 2.45) is 11.1 Å². The SMILES string of the molecule is CC(C)(C)CC(=O)OCc1ccccc1.NCc1c(Cl)cnc2c1c(C(=O)O)cn2SI. The fourth-order valence-corrected chi connectivity index (χ4v) is 4.31. The summed E-state index contributed by atoms with van der Waals surface area (Å²) in [5.74, 6) is -1.15. The van der Waals surface area contributed by atoms with Gasteiger partial charge in [-0.2, -0.15) is 0 Å². The van der Waals surface area contributed by atoms with Gasteiger partial charge in [0.1, 0.15) is 6.61 Å². The number of nitrogens with zero attached hydrogens (tertiary/aromatic N) is 2. The van der Waals surface area contributed by atoms with Crippen molar-refractivity contribution in [2.75, 3.05) is 0 Å². The first-order chi connectivity index (χ1) is 15.1. The highest BCUT2D eigenvalue weighted by atomic mass is 127. The van der Waals surface area contributed by atoms with Crippen LogP contribution < -0.4 is 5.73 Å². The number of ether oxygens (including phenoxy) is 1. The first-order valence-electron chi connectivity index (χ1n) is 9.67. The Kier molecular flexibility index (Phi) is 9.81. The molecule has 0 amide bonds. The van der Waals surface area contributed by atoms with Crippen LogP contribution in [-0.2, 0) is 22.7 Å². The zero-order chi connectivity index (χ0) is 23.9. The van der Waals surface area contributed by atoms with Crippen LogP contribution in [0.25, 0.3) is 11.0 Å². The van der Waals surface area contributed by atoms with Crippen LogP contribution >= 0.6 is 41.9 Å². The molecule has 3 N–H and O–H groups in total. The molecule has 172 valence electrons. The van der Waals surface area contributed by atoms with Crippen molar-refractivity contribution in [3.05, 3.63) is 64.4 Å². The fraction of sp³-hybridized carbons (Fsp3) is 0.318. The monoisotopic (exact) mass is 589 g/mol. The molecule has 0 aliphatic heterocycles. The predicted octanol–water partition coefficient (Wildman–Crippen LogP) is 5.86. The highest BCUT2D eigenvalue weighted by Crippen LogP contribution is 2.32. The zero-order valence-electron chi connectivity index (χ0n) is 18.0. The molecule has 0 unspecified atom stereocenters. The van der Waals surface area contributed by atoms with Crippen LogP contribution in [0.5, 0.6) is 0 Å². The first kappa shape index (κ1) is 26.4. The van der Waals surface area contributed by atoms with Crippen LogP contribution in [0.4, 0.5) is 0 Å². The van der Waals surface area contributed by atoms with E-state index >= 15 is 0 Å². The molecular weight excluding hydrogens is 565 g/mol. The minimum Gasteiger partial charge on any atom is -0.478 e. The second-order valence-corrected chi connectivity index (χ2v) is 10.2. The Balaban J connectivity index is 0.000000229. The van der Waals surface area contributed by atoms with Crippen molar-refractivity contribution in [2.45, 2.75) is 40.3 Å². The molecule has 0 saturated carbocycles. The third-order valence-electron chi connectivity index (χ3n) is 4.26. The van der Waals surface area contributed by atoms with Crippen LogP contribution in [0.1, 0.15) is 48.7 Å². The van der Waals surface area contributed by atoms with E-state index in [1.165, 1.54) is 21.5 Å². The molecule has 0 fully saturated rings. The van der Waals surface area contributed by atoms with Gasteiger partial charge in [0.25, 0.3) is 0 Å². The van der Waals surface area contributed by atoms with E-state index < -0.39 is 5.97 Å². The molecule has 0 radical (unpaired) electrons. The van der Waals surface area contributed by atoms with Gasteiger partial charge in [0.2, 0.25) is 0 Å². The van der Waals surface area contributed by atoms with Gasteiger partial charge in [0.15, 0.2) is 5.65 Å². The molecular formula is C22H25ClIN3O4S. The van der Waals surface area contributed by atoms with Gasteiger partial charge in [-0.3, -0.25) is 8.77 Å². The lowest BCUT2D eigenvalue weighted by atomic mass is 9.92. The zero-order valence-corrected chi connectivity index (χ0v) is 21.7. The summed E-state index contributed by atoms with van der Waals surface area (Å²) in [7, 11) is 1.34. The summed E-state index contributed by atoms with van der Waals surface area (Å²) >= 11 is 8.03. The number of carboxylic acids is 1. The van der Waals surface area contributed by atoms with Crippen molar-refractivity contribution >= 4 is 64.9 Å². The Morgan fingerprint density at radius 3 is 2.47 bits per heavy atom. The van der Waals surface area contributed by atoms with Crippen molar-refractivity contribution in [3.63, 3.8) is 0 Å². The van der Waals surface area contributed by atoms with E-state index in [1.54, 1.807) is 3.97 Å². The molecule has 3 rings (SSSR count). The van der Waals surface area contributed by atoms with Crippen LogP contribution in [-0.4, -0.2) is 26.0 Å². The summed E-state index contributed by atoms with van der Waals surface area (Å²) in [6.07, 6.45) is 3.47. The second kappa shape index (κ2) is 11.9. The molecule has 7 nitrogen and oxygen atoms in total. The molecule has 32 heavy (non-hydrogen) atoms. The molecule has 0 saturated heterocycles. The molecule has 2 heterocycles. The summed E-state index contributed by atoms with van der Waals surface area (Å²) in [6.45, 7) is 6.62. The lowest BCUT2D eigenvalue weighted by Gasteiger charge is -2.16. The standard InChI is InChI=1S/C13H18O2.C9H7ClIN3O2S/c1-13(2,3)9-12(14)15-10-11-7-5-4-6-8-11;10-6-2-13-8-7(4(6)1-12)5(9(15)16)3-14(8)17-11/h4-8H,9-10H2,1-3H3;2-3H,1,12H2,(H,15,16). The highest BCUT2D eigenvalue weighted by Gasteiger charge is 2.20. The molecule has 0 atom stereocenters. The number of halogens is 2. The van der Waals surface area contributed by atoms with Crippen molar-refractivity contribution in [1.29, 1.82) is 0 Å². The minimum absolute atomic E-state index is 0.00618. The number of carboxylic acid groups (broad SMARTS) is 1. The average molecular weight is 590 g/mol. The summed E-state index contributed by atoms with van der Waals surface area (Å²) in [6, 6.07) is 9.72. The number of aromatic carboxylic acids is 1. The normalized spacial score (nSPS) is 11.1. The number of hydrogen-bond donors (Lipinski definition) is 2. The number of carbonyl (C=O) groups is 2. The van der Waals surface area contributed by atoms with Crippen LogP contribution in [0.2, 0.25) is 5.02 Å². The Morgan fingerprint density at radius 1 is 1.28 bits per heavy atom. The molecule has 0 aliphatic rings. The van der Waals surface area contributed by atoms with Crippen molar-refractivity contribution < 1.29 is 19.4 Å². The van der Waals surface area contributed by atoms with Gasteiger partial charge in [-0.15, -0.1) is 0 Å². The summed E-state index contributed by atoms with van der Waals surface area (Å²) < 4.78 is 6.84. The lowest BCUT2D eigenvalue weighted by molar-refractivity contribution is -0.147. The maximum Gasteiger partial charge on any atom is 0.337 e. The Labute approximate surface area is 208 Å². The average Bonchev–Trinajstić information content (AvgIpc) is 3.11. The van der Waals surface area contributed by atoms with Gasteiger partial charge in [-0.25, -0.2) is 9.78 Å². The van der Waals surface area contributed by atoms with Gasteiger partial charge in [0.05, 0.1) is 17.0 Å². The third-order valence-corrected chi connectivity index (χ3v) is 6.29. The maximum absolute atomic E-state index is 11.4. The van der Waals surface area contributed by atoms with Gasteiger partial charge in [0, 0.05) is 54.6 Å². The quantitative estimate of drug-likeness (QED) is 0.274. The molecule has 3 aromatic rings. The molecule has 0 aliphatic carbocycles. The van der Waals surface area contributed by atoms with Gasteiger partial charge in [-0.1, -0.05) is 62.7 Å². The molecule has 0 bridgehead atoms. The minimum atomic E-state index is -1.02. The van der Waals surface area contributed by atoms with E-state index in [9.17, 15) is 9.59 Å². The number of hydrogen-bond acceptors (Lipinski definition) is 6. The van der Waals surface area contributed by atoms with Crippen molar-refractivity contribution in [3.8, 4) is 0 Å². The first-order valence-corrected chi connectivity index (χ1v) is 13.4. The topological polar surface area (TPSA) is 107 Å². The highest BCUT2D eigenvalue weighted by molar-refractivity contribution is 14.2. The number of carbonyl (C=O) groups excluding carboxylic acids is 1. The van der Waals surface area contributed by atoms with E-state index in [4.69, 9.17) is 27.2 Å². The van der Waals surface area contributed by atoms with Gasteiger partial charge < -0.3 is 15.6 Å². The maximum atomic E-state index is 11.4. The van der Waals surface area contributed by atoms with Crippen LogP contribution in [0.3, 0.4) is 0 Å². The number of esters is 1. The number of pyridine rings is 1. The van der Waals surface area contributed by atoms with E-state index in [2.05, 4.69) is 26.2 Å². The molecule has 1 aromatic carbocycles. The van der Waals surface area contributed by atoms with E-state index in [-0.39, 0.29) is 23.5 Å². The number of rotatable bonds is 6. The number of benzene rings is 1. The molecule has 10 heteroatoms. The Morgan fingerprint density at radius 2 is 1.94 bits per heavy atom. The largest absolute Gasteiger partial charge is 0.478 e. The third kappa shape index (κ3) is 7.36. The lowest BCUT2D eigenvalue weighted by Crippen LogP contribution is -2.15. The smallest absolute Gasteiger partial charge is 0.337 e. The number of aromatic nitrogens is 2. The summed E-state index contributed by atoms with van der Waals surface area (Å²) in [5, 5.41) is 10.1. The van der Waals surface area contributed by atoms with Gasteiger partial charge in [-0.05, 0) is 16.5 Å². The Bertz CT molecular complexity index is 1080. The molecule has 2 aromatic heterocycles. The summed E-state index contributed by atoms with van der Waals surface area (Å²) in [4.78, 5) is 26.7. The predicted molar refractivity (Wildman–Crippen MR) is 137 cm³/mol. The van der Waals surface area contributed by atoms with Crippen LogP contribution in [0, 0.1) is 5.41 Å². The fourth-order valence-electron chi connectivity index (χ4n) is 2.84. The molecule has 0 spiro atoms. The van der Waals surface area contributed by atoms with Crippen molar-refractivity contribution in [1.82, 2.24) is 8.96 Å². The van der Waals surface area contributed by atoms with Gasteiger partial charge >= 0.3 is 11.9 Å².